The normalized spacial score (nSPS) is 25.3. The van der Waals surface area contributed by atoms with Gasteiger partial charge in [-0.05, 0) is 31.9 Å². The summed E-state index contributed by atoms with van der Waals surface area (Å²) in [7, 11) is 0. The fourth-order valence-corrected chi connectivity index (χ4v) is 2.98. The molecule has 1 aliphatic rings. The van der Waals surface area contributed by atoms with Gasteiger partial charge in [-0.15, -0.1) is 0 Å². The molecule has 0 aliphatic heterocycles. The first-order valence-corrected chi connectivity index (χ1v) is 6.39. The van der Waals surface area contributed by atoms with E-state index in [-0.39, 0.29) is 12.1 Å². The Morgan fingerprint density at radius 3 is 2.82 bits per heavy atom. The number of aliphatic hydroxyl groups excluding tert-OH is 1. The Labute approximate surface area is 101 Å². The first-order valence-electron chi connectivity index (χ1n) is 6.39. The average molecular weight is 230 g/mol. The summed E-state index contributed by atoms with van der Waals surface area (Å²) < 4.78 is 2.22. The smallest absolute Gasteiger partial charge is 0.107 e. The molecule has 2 atom stereocenters. The molecule has 1 N–H and O–H groups in total. The summed E-state index contributed by atoms with van der Waals surface area (Å²) >= 11 is 0. The van der Waals surface area contributed by atoms with Crippen molar-refractivity contribution in [2.75, 3.05) is 0 Å². The number of para-hydroxylation sites is 2. The zero-order valence-corrected chi connectivity index (χ0v) is 10.1. The molecule has 1 aromatic carbocycles. The summed E-state index contributed by atoms with van der Waals surface area (Å²) in [5.41, 5.74) is 2.18. The van der Waals surface area contributed by atoms with Gasteiger partial charge in [0, 0.05) is 0 Å². The molecule has 0 bridgehead atoms. The molecule has 0 spiro atoms. The predicted molar refractivity (Wildman–Crippen MR) is 68.0 cm³/mol. The lowest BCUT2D eigenvalue weighted by molar-refractivity contribution is 0.0763. The van der Waals surface area contributed by atoms with E-state index >= 15 is 0 Å². The molecule has 0 radical (unpaired) electrons. The minimum absolute atomic E-state index is 0.205. The molecule has 3 rings (SSSR count). The Morgan fingerprint density at radius 2 is 2.00 bits per heavy atom. The van der Waals surface area contributed by atoms with Crippen LogP contribution in [0, 0.1) is 6.92 Å². The minimum Gasteiger partial charge on any atom is -0.391 e. The number of aryl methyl sites for hydroxylation is 1. The van der Waals surface area contributed by atoms with Crippen molar-refractivity contribution in [1.29, 1.82) is 0 Å². The fraction of sp³-hybridized carbons (Fsp3) is 0.500. The van der Waals surface area contributed by atoms with E-state index in [1.54, 1.807) is 0 Å². The van der Waals surface area contributed by atoms with Crippen molar-refractivity contribution in [3.05, 3.63) is 30.1 Å². The highest BCUT2D eigenvalue weighted by molar-refractivity contribution is 5.76. The van der Waals surface area contributed by atoms with Crippen molar-refractivity contribution >= 4 is 11.0 Å². The van der Waals surface area contributed by atoms with Crippen molar-refractivity contribution in [2.24, 2.45) is 0 Å². The van der Waals surface area contributed by atoms with Gasteiger partial charge in [-0.1, -0.05) is 25.0 Å². The minimum atomic E-state index is -0.222. The van der Waals surface area contributed by atoms with Crippen LogP contribution in [-0.4, -0.2) is 20.8 Å². The SMILES string of the molecule is Cc1nc2ccccc2n1C1CCCC[C@@H]1O. The van der Waals surface area contributed by atoms with Crippen LogP contribution >= 0.6 is 0 Å². The Balaban J connectivity index is 2.12. The van der Waals surface area contributed by atoms with Gasteiger partial charge in [-0.3, -0.25) is 0 Å². The molecule has 3 nitrogen and oxygen atoms in total. The van der Waals surface area contributed by atoms with Crippen LogP contribution in [0.4, 0.5) is 0 Å². The highest BCUT2D eigenvalue weighted by Crippen LogP contribution is 2.32. The highest BCUT2D eigenvalue weighted by Gasteiger charge is 2.26. The van der Waals surface area contributed by atoms with Crippen LogP contribution in [0.5, 0.6) is 0 Å². The predicted octanol–water partition coefficient (Wildman–Crippen LogP) is 2.82. The monoisotopic (exact) mass is 230 g/mol. The van der Waals surface area contributed by atoms with Gasteiger partial charge < -0.3 is 9.67 Å². The van der Waals surface area contributed by atoms with Gasteiger partial charge in [0.15, 0.2) is 0 Å². The Hall–Kier alpha value is -1.35. The lowest BCUT2D eigenvalue weighted by Crippen LogP contribution is -2.28. The zero-order valence-electron chi connectivity index (χ0n) is 10.1. The topological polar surface area (TPSA) is 38.0 Å². The van der Waals surface area contributed by atoms with Crippen molar-refractivity contribution in [1.82, 2.24) is 9.55 Å². The van der Waals surface area contributed by atoms with Crippen LogP contribution < -0.4 is 0 Å². The molecule has 1 aromatic heterocycles. The molecule has 2 aromatic rings. The van der Waals surface area contributed by atoms with Crippen LogP contribution in [0.15, 0.2) is 24.3 Å². The van der Waals surface area contributed by atoms with Crippen LogP contribution in [0.1, 0.15) is 37.5 Å². The largest absolute Gasteiger partial charge is 0.391 e. The van der Waals surface area contributed by atoms with Crippen molar-refractivity contribution in [2.45, 2.75) is 44.8 Å². The Bertz CT molecular complexity index is 532. The Kier molecular flexibility index (Phi) is 2.63. The molecule has 90 valence electrons. The first kappa shape index (κ1) is 10.8. The summed E-state index contributed by atoms with van der Waals surface area (Å²) in [6.07, 6.45) is 4.09. The molecular weight excluding hydrogens is 212 g/mol. The van der Waals surface area contributed by atoms with E-state index in [1.807, 2.05) is 25.1 Å². The number of rotatable bonds is 1. The van der Waals surface area contributed by atoms with E-state index < -0.39 is 0 Å². The summed E-state index contributed by atoms with van der Waals surface area (Å²) in [5, 5.41) is 10.2. The number of hydrogen-bond donors (Lipinski definition) is 1. The number of benzene rings is 1. The van der Waals surface area contributed by atoms with E-state index in [1.165, 1.54) is 6.42 Å². The third-order valence-electron chi connectivity index (χ3n) is 3.80. The average Bonchev–Trinajstić information content (AvgIpc) is 2.66. The Morgan fingerprint density at radius 1 is 1.24 bits per heavy atom. The van der Waals surface area contributed by atoms with Gasteiger partial charge in [0.2, 0.25) is 0 Å². The van der Waals surface area contributed by atoms with Gasteiger partial charge in [-0.25, -0.2) is 4.98 Å². The summed E-state index contributed by atoms with van der Waals surface area (Å²) in [6, 6.07) is 8.38. The van der Waals surface area contributed by atoms with Crippen LogP contribution in [0.2, 0.25) is 0 Å². The van der Waals surface area contributed by atoms with Crippen molar-refractivity contribution in [3.8, 4) is 0 Å². The van der Waals surface area contributed by atoms with Crippen molar-refractivity contribution in [3.63, 3.8) is 0 Å². The second-order valence-corrected chi connectivity index (χ2v) is 4.94. The standard InChI is InChI=1S/C14H18N2O/c1-10-15-11-6-2-3-7-12(11)16(10)13-8-4-5-9-14(13)17/h2-3,6-7,13-14,17H,4-5,8-9H2,1H3/t13?,14-/m0/s1. The molecule has 1 unspecified atom stereocenters. The highest BCUT2D eigenvalue weighted by atomic mass is 16.3. The molecule has 0 amide bonds. The lowest BCUT2D eigenvalue weighted by atomic mass is 9.92. The second kappa shape index (κ2) is 4.15. The van der Waals surface area contributed by atoms with Gasteiger partial charge in [-0.2, -0.15) is 0 Å². The van der Waals surface area contributed by atoms with E-state index in [4.69, 9.17) is 0 Å². The lowest BCUT2D eigenvalue weighted by Gasteiger charge is -2.30. The molecule has 3 heteroatoms. The van der Waals surface area contributed by atoms with Gasteiger partial charge in [0.05, 0.1) is 23.2 Å². The fourth-order valence-electron chi connectivity index (χ4n) is 2.98. The maximum Gasteiger partial charge on any atom is 0.107 e. The summed E-state index contributed by atoms with van der Waals surface area (Å²) in [5.74, 6) is 1.01. The zero-order chi connectivity index (χ0) is 11.8. The first-order chi connectivity index (χ1) is 8.27. The molecule has 1 fully saturated rings. The number of imidazole rings is 1. The number of aliphatic hydroxyl groups is 1. The molecule has 1 saturated carbocycles. The van der Waals surface area contributed by atoms with Crippen LogP contribution in [0.3, 0.4) is 0 Å². The number of fused-ring (bicyclic) bond motifs is 1. The summed E-state index contributed by atoms with van der Waals surface area (Å²) in [6.45, 7) is 2.03. The van der Waals surface area contributed by atoms with E-state index in [0.717, 1.165) is 36.1 Å². The van der Waals surface area contributed by atoms with Gasteiger partial charge >= 0.3 is 0 Å². The number of aromatic nitrogens is 2. The molecule has 17 heavy (non-hydrogen) atoms. The van der Waals surface area contributed by atoms with E-state index in [0.29, 0.717) is 0 Å². The number of nitrogens with zero attached hydrogens (tertiary/aromatic N) is 2. The maximum atomic E-state index is 10.2. The molecule has 1 aliphatic carbocycles. The van der Waals surface area contributed by atoms with E-state index in [2.05, 4.69) is 15.6 Å². The maximum absolute atomic E-state index is 10.2. The summed E-state index contributed by atoms with van der Waals surface area (Å²) in [4.78, 5) is 4.57. The number of hydrogen-bond acceptors (Lipinski definition) is 2. The van der Waals surface area contributed by atoms with Gasteiger partial charge in [0.1, 0.15) is 5.82 Å². The van der Waals surface area contributed by atoms with Gasteiger partial charge in [0.25, 0.3) is 0 Å². The molecule has 1 heterocycles. The van der Waals surface area contributed by atoms with Crippen LogP contribution in [-0.2, 0) is 0 Å². The third-order valence-corrected chi connectivity index (χ3v) is 3.80. The molecule has 0 saturated heterocycles. The van der Waals surface area contributed by atoms with E-state index in [9.17, 15) is 5.11 Å². The quantitative estimate of drug-likeness (QED) is 0.818. The molecular formula is C14H18N2O. The second-order valence-electron chi connectivity index (χ2n) is 4.94. The van der Waals surface area contributed by atoms with Crippen molar-refractivity contribution < 1.29 is 5.11 Å². The third kappa shape index (κ3) is 1.75. The van der Waals surface area contributed by atoms with Crippen LogP contribution in [0.25, 0.3) is 11.0 Å².